The third kappa shape index (κ3) is 3.91. The molecule has 0 bridgehead atoms. The SMILES string of the molecule is O=C(NCc1nnnn1-c1ccc(F)c(F)c1)c1ccccc1C(F)(F)F. The molecule has 3 rings (SSSR count). The second kappa shape index (κ2) is 7.09. The van der Waals surface area contributed by atoms with Gasteiger partial charge in [0.15, 0.2) is 17.5 Å². The molecule has 1 aromatic heterocycles. The van der Waals surface area contributed by atoms with E-state index in [0.29, 0.717) is 0 Å². The smallest absolute Gasteiger partial charge is 0.345 e. The Morgan fingerprint density at radius 3 is 2.52 bits per heavy atom. The Bertz CT molecular complexity index is 985. The lowest BCUT2D eigenvalue weighted by molar-refractivity contribution is -0.137. The second-order valence-corrected chi connectivity index (χ2v) is 5.33. The van der Waals surface area contributed by atoms with Gasteiger partial charge in [-0.15, -0.1) is 5.10 Å². The van der Waals surface area contributed by atoms with Gasteiger partial charge in [-0.2, -0.15) is 17.9 Å². The minimum absolute atomic E-state index is 0.0128. The highest BCUT2D eigenvalue weighted by molar-refractivity contribution is 5.95. The lowest BCUT2D eigenvalue weighted by Crippen LogP contribution is -2.27. The number of nitrogens with zero attached hydrogens (tertiary/aromatic N) is 4. The molecular formula is C16H10F5N5O. The van der Waals surface area contributed by atoms with Crippen LogP contribution in [0.15, 0.2) is 42.5 Å². The molecule has 0 radical (unpaired) electrons. The maximum absolute atomic E-state index is 13.4. The lowest BCUT2D eigenvalue weighted by atomic mass is 10.1. The summed E-state index contributed by atoms with van der Waals surface area (Å²) in [5, 5.41) is 12.9. The van der Waals surface area contributed by atoms with E-state index in [1.165, 1.54) is 18.2 Å². The number of nitrogens with one attached hydrogen (secondary N) is 1. The molecule has 0 aliphatic rings. The number of amides is 1. The predicted octanol–water partition coefficient (Wildman–Crippen LogP) is 2.89. The lowest BCUT2D eigenvalue weighted by Gasteiger charge is -2.12. The van der Waals surface area contributed by atoms with Crippen molar-refractivity contribution in [3.8, 4) is 5.69 Å². The van der Waals surface area contributed by atoms with Crippen LogP contribution in [-0.4, -0.2) is 26.1 Å². The first kappa shape index (κ1) is 18.4. The van der Waals surface area contributed by atoms with Crippen molar-refractivity contribution in [3.05, 3.63) is 71.1 Å². The minimum Gasteiger partial charge on any atom is -0.345 e. The zero-order chi connectivity index (χ0) is 19.6. The molecule has 0 atom stereocenters. The molecule has 3 aromatic rings. The molecule has 0 spiro atoms. The van der Waals surface area contributed by atoms with Gasteiger partial charge >= 0.3 is 6.18 Å². The zero-order valence-electron chi connectivity index (χ0n) is 13.3. The average Bonchev–Trinajstić information content (AvgIpc) is 3.10. The number of halogens is 5. The highest BCUT2D eigenvalue weighted by atomic mass is 19.4. The third-order valence-corrected chi connectivity index (χ3v) is 3.57. The summed E-state index contributed by atoms with van der Waals surface area (Å²) < 4.78 is 66.4. The van der Waals surface area contributed by atoms with Crippen molar-refractivity contribution in [2.24, 2.45) is 0 Å². The number of carbonyl (C=O) groups is 1. The molecule has 1 amide bonds. The Balaban J connectivity index is 1.80. The fourth-order valence-corrected chi connectivity index (χ4v) is 2.32. The summed E-state index contributed by atoms with van der Waals surface area (Å²) in [5.41, 5.74) is -1.56. The van der Waals surface area contributed by atoms with Crippen molar-refractivity contribution in [1.82, 2.24) is 25.5 Å². The summed E-state index contributed by atoms with van der Waals surface area (Å²) in [7, 11) is 0. The Labute approximate surface area is 148 Å². The number of hydrogen-bond donors (Lipinski definition) is 1. The first-order valence-electron chi connectivity index (χ1n) is 7.44. The predicted molar refractivity (Wildman–Crippen MR) is 81.7 cm³/mol. The van der Waals surface area contributed by atoms with Gasteiger partial charge in [-0.1, -0.05) is 12.1 Å². The van der Waals surface area contributed by atoms with Gasteiger partial charge in [0.2, 0.25) is 0 Å². The van der Waals surface area contributed by atoms with E-state index in [1.54, 1.807) is 0 Å². The van der Waals surface area contributed by atoms with Crippen LogP contribution < -0.4 is 5.32 Å². The molecule has 6 nitrogen and oxygen atoms in total. The molecule has 1 heterocycles. The quantitative estimate of drug-likeness (QED) is 0.704. The highest BCUT2D eigenvalue weighted by Crippen LogP contribution is 2.31. The average molecular weight is 383 g/mol. The molecule has 2 aromatic carbocycles. The van der Waals surface area contributed by atoms with E-state index in [9.17, 15) is 26.7 Å². The summed E-state index contributed by atoms with van der Waals surface area (Å²) in [6, 6.07) is 7.22. The van der Waals surface area contributed by atoms with Crippen molar-refractivity contribution in [2.45, 2.75) is 12.7 Å². The van der Waals surface area contributed by atoms with Crippen LogP contribution in [0.5, 0.6) is 0 Å². The number of hydrogen-bond acceptors (Lipinski definition) is 4. The third-order valence-electron chi connectivity index (χ3n) is 3.57. The van der Waals surface area contributed by atoms with Crippen LogP contribution in [0.4, 0.5) is 22.0 Å². The minimum atomic E-state index is -4.69. The molecule has 0 fully saturated rings. The standard InChI is InChI=1S/C16H10F5N5O/c17-12-6-5-9(7-13(12)18)26-14(23-24-25-26)8-22-15(27)10-3-1-2-4-11(10)16(19,20)21/h1-7H,8H2,(H,22,27). The first-order chi connectivity index (χ1) is 12.8. The number of tetrazole rings is 1. The van der Waals surface area contributed by atoms with E-state index in [1.807, 2.05) is 0 Å². The molecular weight excluding hydrogens is 373 g/mol. The van der Waals surface area contributed by atoms with Crippen LogP contribution in [-0.2, 0) is 12.7 Å². The fourth-order valence-electron chi connectivity index (χ4n) is 2.32. The van der Waals surface area contributed by atoms with Gasteiger partial charge in [0.1, 0.15) is 0 Å². The molecule has 1 N–H and O–H groups in total. The summed E-state index contributed by atoms with van der Waals surface area (Å²) in [6.45, 7) is -0.336. The van der Waals surface area contributed by atoms with Gasteiger partial charge in [-0.25, -0.2) is 8.78 Å². The normalized spacial score (nSPS) is 11.4. The van der Waals surface area contributed by atoms with Crippen LogP contribution in [0.1, 0.15) is 21.7 Å². The maximum atomic E-state index is 13.4. The first-order valence-corrected chi connectivity index (χ1v) is 7.44. The van der Waals surface area contributed by atoms with Crippen LogP contribution in [0, 0.1) is 11.6 Å². The number of alkyl halides is 3. The Hall–Kier alpha value is -3.37. The van der Waals surface area contributed by atoms with Gasteiger partial charge in [0.25, 0.3) is 5.91 Å². The van der Waals surface area contributed by atoms with Crippen LogP contribution in [0.2, 0.25) is 0 Å². The summed E-state index contributed by atoms with van der Waals surface area (Å²) >= 11 is 0. The summed E-state index contributed by atoms with van der Waals surface area (Å²) in [4.78, 5) is 12.2. The van der Waals surface area contributed by atoms with Crippen molar-refractivity contribution < 1.29 is 26.7 Å². The molecule has 0 saturated heterocycles. The maximum Gasteiger partial charge on any atom is 0.417 e. The monoisotopic (exact) mass is 383 g/mol. The summed E-state index contributed by atoms with van der Waals surface area (Å²) in [6.07, 6.45) is -4.69. The molecule has 0 aliphatic carbocycles. The van der Waals surface area contributed by atoms with Gasteiger partial charge < -0.3 is 5.32 Å². The molecule has 11 heteroatoms. The van der Waals surface area contributed by atoms with E-state index in [-0.39, 0.29) is 18.1 Å². The van der Waals surface area contributed by atoms with Crippen molar-refractivity contribution in [1.29, 1.82) is 0 Å². The van der Waals surface area contributed by atoms with Gasteiger partial charge in [0, 0.05) is 6.07 Å². The fraction of sp³-hybridized carbons (Fsp3) is 0.125. The van der Waals surface area contributed by atoms with Gasteiger partial charge in [-0.3, -0.25) is 4.79 Å². The van der Waals surface area contributed by atoms with Crippen LogP contribution >= 0.6 is 0 Å². The van der Waals surface area contributed by atoms with Gasteiger partial charge in [0.05, 0.1) is 23.4 Å². The van der Waals surface area contributed by atoms with E-state index < -0.39 is 34.8 Å². The molecule has 0 saturated carbocycles. The number of rotatable bonds is 4. The summed E-state index contributed by atoms with van der Waals surface area (Å²) in [5.74, 6) is -3.16. The number of benzene rings is 2. The second-order valence-electron chi connectivity index (χ2n) is 5.33. The molecule has 0 aliphatic heterocycles. The van der Waals surface area contributed by atoms with Crippen molar-refractivity contribution in [2.75, 3.05) is 0 Å². The molecule has 27 heavy (non-hydrogen) atoms. The van der Waals surface area contributed by atoms with Crippen molar-refractivity contribution in [3.63, 3.8) is 0 Å². The van der Waals surface area contributed by atoms with Gasteiger partial charge in [-0.05, 0) is 34.7 Å². The largest absolute Gasteiger partial charge is 0.417 e. The number of carbonyl (C=O) groups excluding carboxylic acids is 1. The van der Waals surface area contributed by atoms with E-state index >= 15 is 0 Å². The highest BCUT2D eigenvalue weighted by Gasteiger charge is 2.34. The van der Waals surface area contributed by atoms with E-state index in [0.717, 1.165) is 28.9 Å². The van der Waals surface area contributed by atoms with E-state index in [2.05, 4.69) is 20.8 Å². The van der Waals surface area contributed by atoms with Crippen LogP contribution in [0.3, 0.4) is 0 Å². The molecule has 140 valence electrons. The number of aromatic nitrogens is 4. The Morgan fingerprint density at radius 1 is 1.07 bits per heavy atom. The van der Waals surface area contributed by atoms with E-state index in [4.69, 9.17) is 0 Å². The van der Waals surface area contributed by atoms with Crippen LogP contribution in [0.25, 0.3) is 5.69 Å². The molecule has 0 unspecified atom stereocenters. The Morgan fingerprint density at radius 2 is 1.81 bits per heavy atom. The zero-order valence-corrected chi connectivity index (χ0v) is 13.3. The topological polar surface area (TPSA) is 72.7 Å². The van der Waals surface area contributed by atoms with Crippen molar-refractivity contribution >= 4 is 5.91 Å². The Kier molecular flexibility index (Phi) is 4.84.